The number of carbonyl (C=O) groups excluding carboxylic acids is 2. The molecule has 17 heavy (non-hydrogen) atoms. The number of hydrogen-bond donors (Lipinski definition) is 0. The smallest absolute Gasteiger partial charge is 0.334 e. The lowest BCUT2D eigenvalue weighted by molar-refractivity contribution is -0.148. The minimum absolute atomic E-state index is 0.00634. The van der Waals surface area contributed by atoms with Gasteiger partial charge in [-0.1, -0.05) is 12.2 Å². The normalized spacial score (nSPS) is 27.6. The lowest BCUT2D eigenvalue weighted by Crippen LogP contribution is -2.24. The molecule has 0 bridgehead atoms. The molecule has 0 N–H and O–H groups in total. The SMILES string of the molecule is CCOC(=O)[C@@H]1CC=C[C@@H](C2=CCOC2=O)C1. The van der Waals surface area contributed by atoms with Crippen LogP contribution in [0.25, 0.3) is 0 Å². The van der Waals surface area contributed by atoms with Gasteiger partial charge in [0, 0.05) is 11.5 Å². The molecular formula is C13H16O4. The molecule has 0 amide bonds. The largest absolute Gasteiger partial charge is 0.466 e. The molecule has 92 valence electrons. The summed E-state index contributed by atoms with van der Waals surface area (Å²) >= 11 is 0. The lowest BCUT2D eigenvalue weighted by Gasteiger charge is -2.23. The maximum atomic E-state index is 11.6. The van der Waals surface area contributed by atoms with Crippen LogP contribution in [0.15, 0.2) is 23.8 Å². The summed E-state index contributed by atoms with van der Waals surface area (Å²) in [7, 11) is 0. The van der Waals surface area contributed by atoms with Gasteiger partial charge in [-0.3, -0.25) is 4.79 Å². The van der Waals surface area contributed by atoms with Crippen LogP contribution < -0.4 is 0 Å². The van der Waals surface area contributed by atoms with Crippen LogP contribution in [0.1, 0.15) is 19.8 Å². The van der Waals surface area contributed by atoms with Crippen molar-refractivity contribution >= 4 is 11.9 Å². The molecule has 4 heteroatoms. The van der Waals surface area contributed by atoms with E-state index in [1.807, 2.05) is 12.2 Å². The molecule has 0 aromatic heterocycles. The van der Waals surface area contributed by atoms with Crippen LogP contribution in [0.2, 0.25) is 0 Å². The summed E-state index contributed by atoms with van der Waals surface area (Å²) in [5.74, 6) is -0.578. The van der Waals surface area contributed by atoms with E-state index in [0.29, 0.717) is 31.6 Å². The van der Waals surface area contributed by atoms with E-state index < -0.39 is 0 Å². The highest BCUT2D eigenvalue weighted by Gasteiger charge is 2.31. The summed E-state index contributed by atoms with van der Waals surface area (Å²) in [4.78, 5) is 23.1. The first-order valence-corrected chi connectivity index (χ1v) is 5.92. The first-order valence-electron chi connectivity index (χ1n) is 5.92. The second-order valence-electron chi connectivity index (χ2n) is 4.21. The monoisotopic (exact) mass is 236 g/mol. The number of carbonyl (C=O) groups is 2. The van der Waals surface area contributed by atoms with E-state index >= 15 is 0 Å². The van der Waals surface area contributed by atoms with Crippen LogP contribution in [0.4, 0.5) is 0 Å². The van der Waals surface area contributed by atoms with Gasteiger partial charge in [-0.25, -0.2) is 4.79 Å². The van der Waals surface area contributed by atoms with Gasteiger partial charge in [0.25, 0.3) is 0 Å². The molecule has 0 saturated heterocycles. The molecule has 0 fully saturated rings. The third-order valence-corrected chi connectivity index (χ3v) is 3.10. The summed E-state index contributed by atoms with van der Waals surface area (Å²) < 4.78 is 9.89. The predicted molar refractivity (Wildman–Crippen MR) is 61.0 cm³/mol. The topological polar surface area (TPSA) is 52.6 Å². The molecule has 1 aliphatic carbocycles. The molecule has 4 nitrogen and oxygen atoms in total. The zero-order valence-electron chi connectivity index (χ0n) is 9.85. The summed E-state index contributed by atoms with van der Waals surface area (Å²) in [6.45, 7) is 2.54. The van der Waals surface area contributed by atoms with E-state index in [0.717, 1.165) is 0 Å². The van der Waals surface area contributed by atoms with Crippen LogP contribution >= 0.6 is 0 Å². The van der Waals surface area contributed by atoms with E-state index in [4.69, 9.17) is 9.47 Å². The fourth-order valence-corrected chi connectivity index (χ4v) is 2.25. The lowest BCUT2D eigenvalue weighted by atomic mass is 9.82. The van der Waals surface area contributed by atoms with Gasteiger partial charge in [-0.15, -0.1) is 0 Å². The Labute approximate surface area is 100 Å². The number of cyclic esters (lactones) is 1. The molecular weight excluding hydrogens is 220 g/mol. The molecule has 0 aromatic carbocycles. The van der Waals surface area contributed by atoms with Gasteiger partial charge in [0.05, 0.1) is 12.5 Å². The van der Waals surface area contributed by atoms with Crippen molar-refractivity contribution in [2.24, 2.45) is 11.8 Å². The highest BCUT2D eigenvalue weighted by molar-refractivity contribution is 5.91. The third-order valence-electron chi connectivity index (χ3n) is 3.10. The van der Waals surface area contributed by atoms with Crippen LogP contribution in [0.5, 0.6) is 0 Å². The zero-order chi connectivity index (χ0) is 12.3. The molecule has 0 saturated carbocycles. The summed E-state index contributed by atoms with van der Waals surface area (Å²) in [6.07, 6.45) is 7.05. The van der Waals surface area contributed by atoms with Crippen LogP contribution in [0, 0.1) is 11.8 Å². The number of allylic oxidation sites excluding steroid dienone is 2. The highest BCUT2D eigenvalue weighted by Crippen LogP contribution is 2.31. The van der Waals surface area contributed by atoms with E-state index in [-0.39, 0.29) is 23.8 Å². The van der Waals surface area contributed by atoms with E-state index in [9.17, 15) is 9.59 Å². The van der Waals surface area contributed by atoms with E-state index in [2.05, 4.69) is 0 Å². The van der Waals surface area contributed by atoms with Gasteiger partial charge in [-0.05, 0) is 25.8 Å². The Kier molecular flexibility index (Phi) is 3.61. The minimum Gasteiger partial charge on any atom is -0.466 e. The van der Waals surface area contributed by atoms with E-state index in [1.165, 1.54) is 0 Å². The number of rotatable bonds is 3. The second kappa shape index (κ2) is 5.17. The summed E-state index contributed by atoms with van der Waals surface area (Å²) in [5.41, 5.74) is 0.676. The van der Waals surface area contributed by atoms with Crippen molar-refractivity contribution in [1.29, 1.82) is 0 Å². The summed E-state index contributed by atoms with van der Waals surface area (Å²) in [6, 6.07) is 0. The molecule has 2 aliphatic rings. The van der Waals surface area contributed by atoms with Crippen LogP contribution in [-0.2, 0) is 19.1 Å². The van der Waals surface area contributed by atoms with Crippen molar-refractivity contribution in [2.75, 3.05) is 13.2 Å². The maximum absolute atomic E-state index is 11.6. The van der Waals surface area contributed by atoms with Gasteiger partial charge in [0.15, 0.2) is 0 Å². The molecule has 1 aliphatic heterocycles. The van der Waals surface area contributed by atoms with Crippen molar-refractivity contribution < 1.29 is 19.1 Å². The molecule has 0 aromatic rings. The quantitative estimate of drug-likeness (QED) is 0.552. The Balaban J connectivity index is 2.02. The Morgan fingerprint density at radius 2 is 2.41 bits per heavy atom. The highest BCUT2D eigenvalue weighted by atomic mass is 16.5. The van der Waals surface area contributed by atoms with Crippen LogP contribution in [-0.4, -0.2) is 25.2 Å². The molecule has 0 unspecified atom stereocenters. The maximum Gasteiger partial charge on any atom is 0.334 e. The first kappa shape index (κ1) is 11.9. The molecule has 0 spiro atoms. The molecule has 0 radical (unpaired) electrons. The van der Waals surface area contributed by atoms with Crippen LogP contribution in [0.3, 0.4) is 0 Å². The molecule has 1 heterocycles. The van der Waals surface area contributed by atoms with Gasteiger partial charge in [0.1, 0.15) is 6.61 Å². The van der Waals surface area contributed by atoms with Gasteiger partial charge in [-0.2, -0.15) is 0 Å². The Bertz CT molecular complexity index is 381. The van der Waals surface area contributed by atoms with Gasteiger partial charge in [0.2, 0.25) is 0 Å². The van der Waals surface area contributed by atoms with Crippen molar-refractivity contribution in [3.63, 3.8) is 0 Å². The number of esters is 2. The molecule has 2 atom stereocenters. The van der Waals surface area contributed by atoms with Crippen molar-refractivity contribution in [3.05, 3.63) is 23.8 Å². The zero-order valence-corrected chi connectivity index (χ0v) is 9.85. The summed E-state index contributed by atoms with van der Waals surface area (Å²) in [5, 5.41) is 0. The van der Waals surface area contributed by atoms with Gasteiger partial charge < -0.3 is 9.47 Å². The van der Waals surface area contributed by atoms with Gasteiger partial charge >= 0.3 is 11.9 Å². The van der Waals surface area contributed by atoms with Crippen molar-refractivity contribution in [3.8, 4) is 0 Å². The number of hydrogen-bond acceptors (Lipinski definition) is 4. The first-order chi connectivity index (χ1) is 8.22. The average Bonchev–Trinajstić information content (AvgIpc) is 2.76. The predicted octanol–water partition coefficient (Wildman–Crippen LogP) is 1.62. The van der Waals surface area contributed by atoms with Crippen molar-refractivity contribution in [2.45, 2.75) is 19.8 Å². The Morgan fingerprint density at radius 3 is 3.06 bits per heavy atom. The molecule has 2 rings (SSSR count). The number of ether oxygens (including phenoxy) is 2. The fraction of sp³-hybridized carbons (Fsp3) is 0.538. The standard InChI is InChI=1S/C13H16O4/c1-2-16-12(14)10-5-3-4-9(8-10)11-6-7-17-13(11)15/h3-4,6,9-10H,2,5,7-8H2,1H3/t9-,10-/m1/s1. The minimum atomic E-state index is -0.260. The average molecular weight is 236 g/mol. The van der Waals surface area contributed by atoms with E-state index in [1.54, 1.807) is 13.0 Å². The van der Waals surface area contributed by atoms with Crippen molar-refractivity contribution in [1.82, 2.24) is 0 Å². The Hall–Kier alpha value is -1.58. The third kappa shape index (κ3) is 2.57. The Morgan fingerprint density at radius 1 is 1.59 bits per heavy atom. The second-order valence-corrected chi connectivity index (χ2v) is 4.21. The fourth-order valence-electron chi connectivity index (χ4n) is 2.25.